The molecule has 3 heterocycles. The van der Waals surface area contributed by atoms with Crippen molar-refractivity contribution in [2.45, 2.75) is 25.3 Å². The van der Waals surface area contributed by atoms with E-state index < -0.39 is 0 Å². The molecule has 2 aliphatic heterocycles. The quantitative estimate of drug-likeness (QED) is 0.760. The molecule has 0 N–H and O–H groups in total. The number of carbonyl (C=O) groups is 1. The normalized spacial score (nSPS) is 22.4. The number of anilines is 1. The number of hydrogen-bond donors (Lipinski definition) is 0. The number of ether oxygens (including phenoxy) is 2. The second-order valence-corrected chi connectivity index (χ2v) is 7.66. The first-order valence-corrected chi connectivity index (χ1v) is 9.64. The van der Waals surface area contributed by atoms with Gasteiger partial charge in [0.1, 0.15) is 11.6 Å². The summed E-state index contributed by atoms with van der Waals surface area (Å²) in [7, 11) is 1.65. The van der Waals surface area contributed by atoms with E-state index in [1.165, 1.54) is 0 Å². The van der Waals surface area contributed by atoms with E-state index in [9.17, 15) is 4.79 Å². The Balaban J connectivity index is 1.72. The van der Waals surface area contributed by atoms with Gasteiger partial charge in [-0.3, -0.25) is 9.69 Å². The Morgan fingerprint density at radius 3 is 2.69 bits per heavy atom. The second-order valence-electron chi connectivity index (χ2n) is 6.74. The van der Waals surface area contributed by atoms with Crippen molar-refractivity contribution in [3.05, 3.63) is 52.1 Å². The molecule has 2 atom stereocenters. The van der Waals surface area contributed by atoms with E-state index in [0.717, 1.165) is 40.0 Å². The van der Waals surface area contributed by atoms with E-state index in [1.54, 1.807) is 13.3 Å². The first kappa shape index (κ1) is 17.5. The predicted molar refractivity (Wildman–Crippen MR) is 102 cm³/mol. The predicted octanol–water partition coefficient (Wildman–Crippen LogP) is 3.91. The van der Waals surface area contributed by atoms with Crippen molar-refractivity contribution in [2.75, 3.05) is 25.2 Å². The minimum Gasteiger partial charge on any atom is -0.497 e. The van der Waals surface area contributed by atoms with Gasteiger partial charge in [-0.2, -0.15) is 0 Å². The van der Waals surface area contributed by atoms with Crippen LogP contribution in [0.2, 0.25) is 0 Å². The fraction of sp³-hybridized carbons (Fsp3) is 0.400. The van der Waals surface area contributed by atoms with Gasteiger partial charge in [-0.15, -0.1) is 0 Å². The second kappa shape index (κ2) is 7.37. The fourth-order valence-electron chi connectivity index (χ4n) is 3.91. The molecule has 1 fully saturated rings. The summed E-state index contributed by atoms with van der Waals surface area (Å²) in [5, 5.41) is 0. The molecule has 26 heavy (non-hydrogen) atoms. The minimum atomic E-state index is -0.0423. The zero-order valence-corrected chi connectivity index (χ0v) is 16.2. The van der Waals surface area contributed by atoms with Crippen LogP contribution < -0.4 is 9.64 Å². The van der Waals surface area contributed by atoms with Crippen molar-refractivity contribution in [3.8, 4) is 5.75 Å². The average Bonchev–Trinajstić information content (AvgIpc) is 2.92. The third-order valence-electron chi connectivity index (χ3n) is 5.23. The van der Waals surface area contributed by atoms with E-state index in [0.29, 0.717) is 19.8 Å². The lowest BCUT2D eigenvalue weighted by Crippen LogP contribution is -2.43. The fourth-order valence-corrected chi connectivity index (χ4v) is 4.26. The SMILES string of the molecule is COc1ccc(CN2C(=O)C3CCOCCC3c3cc(Br)cnc32)cc1. The lowest BCUT2D eigenvalue weighted by atomic mass is 9.79. The third-order valence-corrected chi connectivity index (χ3v) is 5.67. The number of rotatable bonds is 3. The number of halogens is 1. The highest BCUT2D eigenvalue weighted by Gasteiger charge is 2.41. The van der Waals surface area contributed by atoms with Crippen molar-refractivity contribution in [1.29, 1.82) is 0 Å². The first-order valence-electron chi connectivity index (χ1n) is 8.85. The van der Waals surface area contributed by atoms with E-state index in [-0.39, 0.29) is 17.7 Å². The monoisotopic (exact) mass is 416 g/mol. The molecular formula is C20H21BrN2O3. The number of hydrogen-bond acceptors (Lipinski definition) is 4. The maximum atomic E-state index is 13.3. The standard InChI is InChI=1S/C20H21BrN2O3/c1-25-15-4-2-13(3-5-15)12-23-19-18(10-14(21)11-22-19)16-6-8-26-9-7-17(16)20(23)24/h2-5,10-11,16-17H,6-9,12H2,1H3. The summed E-state index contributed by atoms with van der Waals surface area (Å²) in [6, 6.07) is 9.93. The van der Waals surface area contributed by atoms with Crippen LogP contribution in [0.4, 0.5) is 5.82 Å². The largest absolute Gasteiger partial charge is 0.497 e. The summed E-state index contributed by atoms with van der Waals surface area (Å²) in [6.07, 6.45) is 3.38. The summed E-state index contributed by atoms with van der Waals surface area (Å²) in [6.45, 7) is 1.84. The van der Waals surface area contributed by atoms with Crippen molar-refractivity contribution >= 4 is 27.7 Å². The van der Waals surface area contributed by atoms with Crippen LogP contribution in [0.3, 0.4) is 0 Å². The number of amides is 1. The molecule has 1 amide bonds. The molecule has 0 radical (unpaired) electrons. The smallest absolute Gasteiger partial charge is 0.232 e. The highest BCUT2D eigenvalue weighted by molar-refractivity contribution is 9.10. The van der Waals surface area contributed by atoms with Crippen molar-refractivity contribution in [3.63, 3.8) is 0 Å². The Morgan fingerprint density at radius 1 is 1.23 bits per heavy atom. The Kier molecular flexibility index (Phi) is 4.96. The van der Waals surface area contributed by atoms with E-state index in [1.807, 2.05) is 29.2 Å². The molecule has 2 unspecified atom stereocenters. The van der Waals surface area contributed by atoms with Gasteiger partial charge in [0, 0.05) is 41.3 Å². The number of nitrogens with zero attached hydrogens (tertiary/aromatic N) is 2. The zero-order chi connectivity index (χ0) is 18.1. The zero-order valence-electron chi connectivity index (χ0n) is 14.7. The number of benzene rings is 1. The van der Waals surface area contributed by atoms with Gasteiger partial charge in [0.25, 0.3) is 0 Å². The number of pyridine rings is 1. The number of fused-ring (bicyclic) bond motifs is 3. The maximum absolute atomic E-state index is 13.3. The Bertz CT molecular complexity index is 809. The molecule has 1 aromatic carbocycles. The molecule has 0 saturated carbocycles. The van der Waals surface area contributed by atoms with Crippen molar-refractivity contribution in [2.24, 2.45) is 5.92 Å². The molecule has 2 aliphatic rings. The number of carbonyl (C=O) groups excluding carboxylic acids is 1. The Morgan fingerprint density at radius 2 is 1.96 bits per heavy atom. The van der Waals surface area contributed by atoms with Crippen LogP contribution >= 0.6 is 15.9 Å². The van der Waals surface area contributed by atoms with Crippen LogP contribution in [0.5, 0.6) is 5.75 Å². The molecule has 1 aromatic heterocycles. The number of aromatic nitrogens is 1. The topological polar surface area (TPSA) is 51.7 Å². The van der Waals surface area contributed by atoms with Crippen LogP contribution in [0.25, 0.3) is 0 Å². The summed E-state index contributed by atoms with van der Waals surface area (Å²) in [4.78, 5) is 19.7. The van der Waals surface area contributed by atoms with Crippen LogP contribution in [-0.4, -0.2) is 31.2 Å². The molecule has 5 nitrogen and oxygen atoms in total. The van der Waals surface area contributed by atoms with Gasteiger partial charge in [0.05, 0.1) is 13.7 Å². The molecule has 136 valence electrons. The summed E-state index contributed by atoms with van der Waals surface area (Å²) < 4.78 is 11.8. The number of methoxy groups -OCH3 is 1. The van der Waals surface area contributed by atoms with Gasteiger partial charge in [-0.1, -0.05) is 12.1 Å². The van der Waals surface area contributed by atoms with Crippen LogP contribution in [0.15, 0.2) is 41.0 Å². The minimum absolute atomic E-state index is 0.0423. The Labute approximate surface area is 161 Å². The Hall–Kier alpha value is -1.92. The highest BCUT2D eigenvalue weighted by atomic mass is 79.9. The molecule has 2 aromatic rings. The molecule has 6 heteroatoms. The van der Waals surface area contributed by atoms with E-state index in [2.05, 4.69) is 27.0 Å². The highest BCUT2D eigenvalue weighted by Crippen LogP contribution is 2.44. The molecular weight excluding hydrogens is 396 g/mol. The molecule has 0 spiro atoms. The summed E-state index contributed by atoms with van der Waals surface area (Å²) >= 11 is 3.53. The van der Waals surface area contributed by atoms with Crippen LogP contribution in [0.1, 0.15) is 29.9 Å². The van der Waals surface area contributed by atoms with Crippen LogP contribution in [-0.2, 0) is 16.1 Å². The molecule has 4 rings (SSSR count). The van der Waals surface area contributed by atoms with Gasteiger partial charge >= 0.3 is 0 Å². The molecule has 1 saturated heterocycles. The van der Waals surface area contributed by atoms with Gasteiger partial charge in [0.2, 0.25) is 5.91 Å². The van der Waals surface area contributed by atoms with E-state index in [4.69, 9.17) is 9.47 Å². The average molecular weight is 417 g/mol. The lowest BCUT2D eigenvalue weighted by molar-refractivity contribution is -0.124. The summed E-state index contributed by atoms with van der Waals surface area (Å²) in [5.41, 5.74) is 2.20. The van der Waals surface area contributed by atoms with Crippen molar-refractivity contribution in [1.82, 2.24) is 4.98 Å². The van der Waals surface area contributed by atoms with Gasteiger partial charge in [0.15, 0.2) is 0 Å². The van der Waals surface area contributed by atoms with E-state index >= 15 is 0 Å². The molecule has 0 aliphatic carbocycles. The molecule has 0 bridgehead atoms. The van der Waals surface area contributed by atoms with Gasteiger partial charge in [-0.25, -0.2) is 4.98 Å². The maximum Gasteiger partial charge on any atom is 0.232 e. The van der Waals surface area contributed by atoms with Gasteiger partial charge in [-0.05, 0) is 52.5 Å². The van der Waals surface area contributed by atoms with Gasteiger partial charge < -0.3 is 9.47 Å². The van der Waals surface area contributed by atoms with Crippen LogP contribution in [0, 0.1) is 5.92 Å². The summed E-state index contributed by atoms with van der Waals surface area (Å²) in [5.74, 6) is 1.87. The first-order chi connectivity index (χ1) is 12.7. The third kappa shape index (κ3) is 3.23. The lowest BCUT2D eigenvalue weighted by Gasteiger charge is -2.37. The van der Waals surface area contributed by atoms with Crippen molar-refractivity contribution < 1.29 is 14.3 Å².